The van der Waals surface area contributed by atoms with Gasteiger partial charge in [-0.05, 0) is 29.8 Å². The maximum absolute atomic E-state index is 5.43. The number of fused-ring (bicyclic) bond motifs is 1. The van der Waals surface area contributed by atoms with Gasteiger partial charge >= 0.3 is 0 Å². The number of imidazole rings is 1. The fraction of sp³-hybridized carbons (Fsp3) is 0.273. The van der Waals surface area contributed by atoms with E-state index in [0.717, 1.165) is 10.3 Å². The highest BCUT2D eigenvalue weighted by Gasteiger charge is 2.16. The van der Waals surface area contributed by atoms with Gasteiger partial charge in [0.2, 0.25) is 0 Å². The SMILES string of the molecule is C#CC(C)(C)Nc1nc(Br)cn2ccnc12. The maximum Gasteiger partial charge on any atom is 0.180 e. The largest absolute Gasteiger partial charge is 0.351 e. The lowest BCUT2D eigenvalue weighted by Gasteiger charge is -2.20. The van der Waals surface area contributed by atoms with Crippen molar-refractivity contribution in [3.8, 4) is 12.3 Å². The van der Waals surface area contributed by atoms with Crippen LogP contribution in [0.25, 0.3) is 5.65 Å². The maximum atomic E-state index is 5.43. The summed E-state index contributed by atoms with van der Waals surface area (Å²) in [6, 6.07) is 0. The minimum atomic E-state index is -0.458. The van der Waals surface area contributed by atoms with Crippen molar-refractivity contribution in [3.05, 3.63) is 23.2 Å². The van der Waals surface area contributed by atoms with Crippen LogP contribution in [0.4, 0.5) is 5.82 Å². The van der Waals surface area contributed by atoms with E-state index >= 15 is 0 Å². The molecule has 2 aromatic heterocycles. The van der Waals surface area contributed by atoms with Crippen molar-refractivity contribution in [2.45, 2.75) is 19.4 Å². The summed E-state index contributed by atoms with van der Waals surface area (Å²) in [5.41, 5.74) is 0.298. The van der Waals surface area contributed by atoms with E-state index in [-0.39, 0.29) is 0 Å². The number of rotatable bonds is 2. The number of nitrogens with zero attached hydrogens (tertiary/aromatic N) is 3. The Balaban J connectivity index is 2.52. The van der Waals surface area contributed by atoms with Crippen LogP contribution in [0.3, 0.4) is 0 Å². The molecule has 0 saturated carbocycles. The summed E-state index contributed by atoms with van der Waals surface area (Å²) in [6.07, 6.45) is 10.9. The highest BCUT2D eigenvalue weighted by molar-refractivity contribution is 9.10. The molecule has 0 aliphatic rings. The molecule has 4 nitrogen and oxygen atoms in total. The molecule has 0 aliphatic carbocycles. The summed E-state index contributed by atoms with van der Waals surface area (Å²) in [5, 5.41) is 3.18. The van der Waals surface area contributed by atoms with Crippen molar-refractivity contribution in [1.82, 2.24) is 14.4 Å². The number of anilines is 1. The fourth-order valence-electron chi connectivity index (χ4n) is 1.32. The molecular formula is C11H11BrN4. The molecule has 0 unspecified atom stereocenters. The van der Waals surface area contributed by atoms with E-state index in [4.69, 9.17) is 6.42 Å². The van der Waals surface area contributed by atoms with Crippen LogP contribution in [0.1, 0.15) is 13.8 Å². The first kappa shape index (κ1) is 11.0. The van der Waals surface area contributed by atoms with Crippen LogP contribution in [0.15, 0.2) is 23.2 Å². The van der Waals surface area contributed by atoms with Crippen LogP contribution in [-0.4, -0.2) is 19.9 Å². The minimum absolute atomic E-state index is 0.458. The molecule has 0 spiro atoms. The third kappa shape index (κ3) is 2.02. The average molecular weight is 279 g/mol. The zero-order valence-corrected chi connectivity index (χ0v) is 10.6. The Morgan fingerprint density at radius 3 is 3.00 bits per heavy atom. The Morgan fingerprint density at radius 1 is 1.56 bits per heavy atom. The minimum Gasteiger partial charge on any atom is -0.351 e. The molecular weight excluding hydrogens is 268 g/mol. The summed E-state index contributed by atoms with van der Waals surface area (Å²) < 4.78 is 2.61. The number of hydrogen-bond donors (Lipinski definition) is 1. The van der Waals surface area contributed by atoms with Crippen LogP contribution in [0.5, 0.6) is 0 Å². The molecule has 0 amide bonds. The van der Waals surface area contributed by atoms with Gasteiger partial charge in [0.05, 0.1) is 5.54 Å². The van der Waals surface area contributed by atoms with E-state index < -0.39 is 5.54 Å². The van der Waals surface area contributed by atoms with Gasteiger partial charge < -0.3 is 9.72 Å². The molecule has 2 rings (SSSR count). The quantitative estimate of drug-likeness (QED) is 0.858. The van der Waals surface area contributed by atoms with E-state index in [1.807, 2.05) is 30.6 Å². The van der Waals surface area contributed by atoms with Gasteiger partial charge in [-0.25, -0.2) is 9.97 Å². The Morgan fingerprint density at radius 2 is 2.31 bits per heavy atom. The van der Waals surface area contributed by atoms with Crippen molar-refractivity contribution >= 4 is 27.4 Å². The molecule has 5 heteroatoms. The lowest BCUT2D eigenvalue weighted by atomic mass is 10.1. The molecule has 0 aromatic carbocycles. The van der Waals surface area contributed by atoms with E-state index in [1.165, 1.54) is 0 Å². The van der Waals surface area contributed by atoms with Gasteiger partial charge in [0.25, 0.3) is 0 Å². The lowest BCUT2D eigenvalue weighted by Crippen LogP contribution is -2.29. The van der Waals surface area contributed by atoms with Crippen molar-refractivity contribution in [2.24, 2.45) is 0 Å². The third-order valence-corrected chi connectivity index (χ3v) is 2.52. The topological polar surface area (TPSA) is 42.2 Å². The monoisotopic (exact) mass is 278 g/mol. The Hall–Kier alpha value is -1.54. The summed E-state index contributed by atoms with van der Waals surface area (Å²) in [7, 11) is 0. The summed E-state index contributed by atoms with van der Waals surface area (Å²) in [4.78, 5) is 8.56. The highest BCUT2D eigenvalue weighted by Crippen LogP contribution is 2.20. The molecule has 0 atom stereocenters. The number of terminal acetylenes is 1. The molecule has 0 radical (unpaired) electrons. The van der Waals surface area contributed by atoms with Crippen molar-refractivity contribution in [3.63, 3.8) is 0 Å². The van der Waals surface area contributed by atoms with E-state index in [2.05, 4.69) is 37.1 Å². The predicted octanol–water partition coefficient (Wildman–Crippen LogP) is 2.32. The zero-order valence-electron chi connectivity index (χ0n) is 9.03. The van der Waals surface area contributed by atoms with Crippen molar-refractivity contribution in [2.75, 3.05) is 5.32 Å². The van der Waals surface area contributed by atoms with Crippen LogP contribution >= 0.6 is 15.9 Å². The number of hydrogen-bond acceptors (Lipinski definition) is 3. The van der Waals surface area contributed by atoms with Gasteiger partial charge in [0.15, 0.2) is 11.5 Å². The molecule has 0 fully saturated rings. The molecule has 0 aliphatic heterocycles. The third-order valence-electron chi connectivity index (χ3n) is 2.14. The predicted molar refractivity (Wildman–Crippen MR) is 67.2 cm³/mol. The van der Waals surface area contributed by atoms with Crippen molar-refractivity contribution in [1.29, 1.82) is 0 Å². The van der Waals surface area contributed by atoms with Gasteiger partial charge in [-0.1, -0.05) is 5.92 Å². The number of halogens is 1. The molecule has 2 heterocycles. The van der Waals surface area contributed by atoms with Gasteiger partial charge in [-0.3, -0.25) is 0 Å². The fourth-order valence-corrected chi connectivity index (χ4v) is 1.71. The van der Waals surface area contributed by atoms with E-state index in [0.29, 0.717) is 5.82 Å². The lowest BCUT2D eigenvalue weighted by molar-refractivity contribution is 0.735. The van der Waals surface area contributed by atoms with Gasteiger partial charge in [0.1, 0.15) is 4.60 Å². The first-order chi connectivity index (χ1) is 7.52. The van der Waals surface area contributed by atoms with Crippen LogP contribution < -0.4 is 5.32 Å². The zero-order chi connectivity index (χ0) is 11.8. The van der Waals surface area contributed by atoms with Crippen molar-refractivity contribution < 1.29 is 0 Å². The molecule has 16 heavy (non-hydrogen) atoms. The van der Waals surface area contributed by atoms with Gasteiger partial charge in [0, 0.05) is 18.6 Å². The highest BCUT2D eigenvalue weighted by atomic mass is 79.9. The summed E-state index contributed by atoms with van der Waals surface area (Å²) >= 11 is 3.35. The normalized spacial score (nSPS) is 11.4. The Labute approximate surface area is 102 Å². The first-order valence-corrected chi connectivity index (χ1v) is 5.56. The summed E-state index contributed by atoms with van der Waals surface area (Å²) in [5.74, 6) is 3.33. The van der Waals surface area contributed by atoms with Gasteiger partial charge in [-0.2, -0.15) is 0 Å². The van der Waals surface area contributed by atoms with E-state index in [1.54, 1.807) is 6.20 Å². The number of aromatic nitrogens is 3. The average Bonchev–Trinajstić information content (AvgIpc) is 2.65. The second kappa shape index (κ2) is 3.80. The Kier molecular flexibility index (Phi) is 2.60. The molecule has 0 saturated heterocycles. The summed E-state index contributed by atoms with van der Waals surface area (Å²) in [6.45, 7) is 3.82. The van der Waals surface area contributed by atoms with Crippen LogP contribution in [0, 0.1) is 12.3 Å². The number of nitrogens with one attached hydrogen (secondary N) is 1. The van der Waals surface area contributed by atoms with Crippen LogP contribution in [0.2, 0.25) is 0 Å². The standard InChI is InChI=1S/C11H11BrN4/c1-4-11(2,3)15-9-10-13-5-6-16(10)7-8(12)14-9/h1,5-7H,2-3H3,(H,14,15). The molecule has 2 aromatic rings. The van der Waals surface area contributed by atoms with E-state index in [9.17, 15) is 0 Å². The molecule has 82 valence electrons. The first-order valence-electron chi connectivity index (χ1n) is 4.77. The van der Waals surface area contributed by atoms with Crippen LogP contribution in [-0.2, 0) is 0 Å². The smallest absolute Gasteiger partial charge is 0.180 e. The second-order valence-corrected chi connectivity index (χ2v) is 4.78. The van der Waals surface area contributed by atoms with Gasteiger partial charge in [-0.15, -0.1) is 6.42 Å². The molecule has 0 bridgehead atoms. The second-order valence-electron chi connectivity index (χ2n) is 3.96. The molecule has 1 N–H and O–H groups in total. The Bertz CT molecular complexity index is 565.